The molecular formula is C16H35N2O+. The second-order valence-corrected chi connectivity index (χ2v) is 6.35. The third-order valence-electron chi connectivity index (χ3n) is 3.80. The fourth-order valence-electron chi connectivity index (χ4n) is 2.76. The highest BCUT2D eigenvalue weighted by atomic mass is 16.3. The van der Waals surface area contributed by atoms with Crippen molar-refractivity contribution >= 4 is 0 Å². The van der Waals surface area contributed by atoms with Crippen LogP contribution in [-0.2, 0) is 0 Å². The minimum absolute atomic E-state index is 0.515. The highest BCUT2D eigenvalue weighted by Crippen LogP contribution is 2.26. The molecule has 3 nitrogen and oxygen atoms in total. The Labute approximate surface area is 120 Å². The maximum atomic E-state index is 11.7. The topological polar surface area (TPSA) is 32.1 Å². The minimum atomic E-state index is 0.515. The van der Waals surface area contributed by atoms with Crippen molar-refractivity contribution in [3.63, 3.8) is 0 Å². The van der Waals surface area contributed by atoms with Crippen LogP contribution in [0.1, 0.15) is 59.8 Å². The second-order valence-electron chi connectivity index (χ2n) is 6.35. The van der Waals surface area contributed by atoms with Crippen molar-refractivity contribution in [2.75, 3.05) is 26.7 Å². The van der Waals surface area contributed by atoms with E-state index in [0.717, 1.165) is 18.9 Å². The van der Waals surface area contributed by atoms with Gasteiger partial charge in [-0.15, -0.1) is 0 Å². The molecule has 19 heavy (non-hydrogen) atoms. The monoisotopic (exact) mass is 271 g/mol. The summed E-state index contributed by atoms with van der Waals surface area (Å²) >= 11 is 0. The number of nitrogens with zero attached hydrogens (tertiary/aromatic N) is 1. The molecule has 3 heteroatoms. The van der Waals surface area contributed by atoms with Crippen LogP contribution in [0.2, 0.25) is 0 Å². The molecule has 0 heterocycles. The molecule has 0 aliphatic carbocycles. The standard InChI is InChI=1S/C16H35N2O/c1-6-11-18(19)13-15(4)16(12-14(2)3)9-7-8-10-17-5/h14-17H,6-13H2,1-5H3/q+1. The summed E-state index contributed by atoms with van der Waals surface area (Å²) in [5.41, 5.74) is 0. The Balaban J connectivity index is 4.18. The first-order valence-corrected chi connectivity index (χ1v) is 8.07. The van der Waals surface area contributed by atoms with Gasteiger partial charge in [0.05, 0.1) is 0 Å². The maximum absolute atomic E-state index is 11.7. The number of hydrogen-bond acceptors (Lipinski definition) is 2. The van der Waals surface area contributed by atoms with E-state index in [1.165, 1.54) is 30.4 Å². The molecule has 0 aromatic heterocycles. The lowest BCUT2D eigenvalue weighted by atomic mass is 9.83. The van der Waals surface area contributed by atoms with E-state index in [4.69, 9.17) is 0 Å². The molecule has 0 aliphatic rings. The molecule has 0 aliphatic heterocycles. The van der Waals surface area contributed by atoms with Crippen molar-refractivity contribution in [3.8, 4) is 0 Å². The molecule has 0 saturated carbocycles. The average molecular weight is 271 g/mol. The van der Waals surface area contributed by atoms with Gasteiger partial charge in [0.1, 0.15) is 0 Å². The zero-order chi connectivity index (χ0) is 14.7. The van der Waals surface area contributed by atoms with E-state index < -0.39 is 0 Å². The zero-order valence-electron chi connectivity index (χ0n) is 13.7. The molecule has 2 atom stereocenters. The van der Waals surface area contributed by atoms with Gasteiger partial charge in [0, 0.05) is 17.2 Å². The van der Waals surface area contributed by atoms with Crippen LogP contribution < -0.4 is 5.32 Å². The van der Waals surface area contributed by atoms with Crippen molar-refractivity contribution in [2.24, 2.45) is 17.8 Å². The molecule has 114 valence electrons. The third kappa shape index (κ3) is 10.1. The van der Waals surface area contributed by atoms with Crippen LogP contribution in [0, 0.1) is 22.7 Å². The van der Waals surface area contributed by atoms with E-state index in [0.29, 0.717) is 24.9 Å². The molecule has 0 aromatic carbocycles. The van der Waals surface area contributed by atoms with Gasteiger partial charge in [0.25, 0.3) is 0 Å². The Hall–Kier alpha value is -0.440. The Morgan fingerprint density at radius 2 is 1.84 bits per heavy atom. The highest BCUT2D eigenvalue weighted by molar-refractivity contribution is 4.68. The Morgan fingerprint density at radius 1 is 1.16 bits per heavy atom. The third-order valence-corrected chi connectivity index (χ3v) is 3.80. The van der Waals surface area contributed by atoms with Crippen LogP contribution in [0.4, 0.5) is 0 Å². The predicted octanol–water partition coefficient (Wildman–Crippen LogP) is 3.86. The summed E-state index contributed by atoms with van der Waals surface area (Å²) in [6.07, 6.45) is 5.98. The van der Waals surface area contributed by atoms with Gasteiger partial charge in [-0.1, -0.05) is 34.1 Å². The molecule has 0 fully saturated rings. The van der Waals surface area contributed by atoms with Gasteiger partial charge in [0.15, 0.2) is 13.1 Å². The van der Waals surface area contributed by atoms with Crippen LogP contribution in [0.3, 0.4) is 0 Å². The fraction of sp³-hybridized carbons (Fsp3) is 1.00. The van der Waals surface area contributed by atoms with E-state index >= 15 is 0 Å². The van der Waals surface area contributed by atoms with Crippen molar-refractivity contribution < 1.29 is 4.76 Å². The molecular weight excluding hydrogens is 236 g/mol. The summed E-state index contributed by atoms with van der Waals surface area (Å²) in [5.74, 6) is 1.94. The molecule has 0 bridgehead atoms. The molecule has 0 saturated heterocycles. The van der Waals surface area contributed by atoms with Gasteiger partial charge in [-0.3, -0.25) is 0 Å². The Morgan fingerprint density at radius 3 is 2.37 bits per heavy atom. The lowest BCUT2D eigenvalue weighted by molar-refractivity contribution is -0.556. The van der Waals surface area contributed by atoms with Crippen LogP contribution >= 0.6 is 0 Å². The summed E-state index contributed by atoms with van der Waals surface area (Å²) in [6, 6.07) is 0. The van der Waals surface area contributed by atoms with Gasteiger partial charge < -0.3 is 5.32 Å². The van der Waals surface area contributed by atoms with E-state index in [1.54, 1.807) is 0 Å². The molecule has 2 unspecified atom stereocenters. The lowest BCUT2D eigenvalue weighted by Crippen LogP contribution is -2.25. The van der Waals surface area contributed by atoms with Crippen molar-refractivity contribution in [2.45, 2.75) is 59.8 Å². The predicted molar refractivity (Wildman–Crippen MR) is 83.5 cm³/mol. The van der Waals surface area contributed by atoms with Gasteiger partial charge in [-0.05, 0) is 49.5 Å². The van der Waals surface area contributed by atoms with E-state index in [2.05, 4.69) is 33.0 Å². The van der Waals surface area contributed by atoms with Gasteiger partial charge in [0.2, 0.25) is 0 Å². The number of unbranched alkanes of at least 4 members (excludes halogenated alkanes) is 1. The first kappa shape index (κ1) is 18.6. The zero-order valence-corrected chi connectivity index (χ0v) is 13.7. The van der Waals surface area contributed by atoms with E-state index in [1.807, 2.05) is 7.05 Å². The van der Waals surface area contributed by atoms with E-state index in [9.17, 15) is 4.91 Å². The van der Waals surface area contributed by atoms with Crippen molar-refractivity contribution in [1.82, 2.24) is 5.32 Å². The fourth-order valence-corrected chi connectivity index (χ4v) is 2.76. The number of nitrogens with one attached hydrogen (secondary N) is 1. The summed E-state index contributed by atoms with van der Waals surface area (Å²) < 4.78 is 1.26. The average Bonchev–Trinajstić information content (AvgIpc) is 2.32. The second kappa shape index (κ2) is 11.4. The molecule has 0 rings (SSSR count). The van der Waals surface area contributed by atoms with Crippen LogP contribution in [-0.4, -0.2) is 31.4 Å². The molecule has 0 aromatic rings. The highest BCUT2D eigenvalue weighted by Gasteiger charge is 2.23. The van der Waals surface area contributed by atoms with Crippen molar-refractivity contribution in [1.29, 1.82) is 0 Å². The van der Waals surface area contributed by atoms with Crippen molar-refractivity contribution in [3.05, 3.63) is 4.91 Å². The number of hydrogen-bond donors (Lipinski definition) is 1. The summed E-state index contributed by atoms with van der Waals surface area (Å²) in [6.45, 7) is 11.4. The van der Waals surface area contributed by atoms with Crippen LogP contribution in [0.25, 0.3) is 0 Å². The van der Waals surface area contributed by atoms with Gasteiger partial charge >= 0.3 is 0 Å². The van der Waals surface area contributed by atoms with Crippen LogP contribution in [0.15, 0.2) is 0 Å². The maximum Gasteiger partial charge on any atom is 0.194 e. The molecule has 0 radical (unpaired) electrons. The smallest absolute Gasteiger partial charge is 0.194 e. The first-order chi connectivity index (χ1) is 9.01. The summed E-state index contributed by atoms with van der Waals surface area (Å²) in [5, 5.41) is 3.20. The molecule has 0 spiro atoms. The van der Waals surface area contributed by atoms with Crippen LogP contribution in [0.5, 0.6) is 0 Å². The minimum Gasteiger partial charge on any atom is -0.320 e. The van der Waals surface area contributed by atoms with Gasteiger partial charge in [-0.2, -0.15) is 0 Å². The Bertz CT molecular complexity index is 229. The van der Waals surface area contributed by atoms with E-state index in [-0.39, 0.29) is 0 Å². The quantitative estimate of drug-likeness (QED) is 0.432. The number of nitroso groups, excluding NO2 is 1. The lowest BCUT2D eigenvalue weighted by Gasteiger charge is -2.23. The molecule has 1 N–H and O–H groups in total. The first-order valence-electron chi connectivity index (χ1n) is 8.07. The summed E-state index contributed by atoms with van der Waals surface area (Å²) in [4.78, 5) is 11.7. The van der Waals surface area contributed by atoms with Gasteiger partial charge in [-0.25, -0.2) is 0 Å². The number of rotatable bonds is 12. The summed E-state index contributed by atoms with van der Waals surface area (Å²) in [7, 11) is 2.01. The molecule has 0 amide bonds. The largest absolute Gasteiger partial charge is 0.320 e. The SMILES string of the molecule is CCC[N+](=O)CC(C)C(CCCCNC)CC(C)C. The normalized spacial score (nSPS) is 14.6. The Kier molecular flexibility index (Phi) is 11.1.